The van der Waals surface area contributed by atoms with E-state index in [0.717, 1.165) is 5.39 Å². The molecule has 6 nitrogen and oxygen atoms in total. The molecule has 0 aromatic carbocycles. The molecule has 106 valence electrons. The molecule has 0 saturated heterocycles. The van der Waals surface area contributed by atoms with E-state index in [0.29, 0.717) is 21.8 Å². The average Bonchev–Trinajstić information content (AvgIpc) is 2.76. The molecule has 1 aliphatic rings. The topological polar surface area (TPSA) is 101 Å². The third kappa shape index (κ3) is 1.85. The molecule has 0 bridgehead atoms. The average molecular weight is 292 g/mol. The summed E-state index contributed by atoms with van der Waals surface area (Å²) in [6.45, 7) is 3.87. The molecule has 1 saturated carbocycles. The summed E-state index contributed by atoms with van der Waals surface area (Å²) in [4.78, 5) is 13.4. The lowest BCUT2D eigenvalue weighted by atomic mass is 9.64. The highest BCUT2D eigenvalue weighted by Crippen LogP contribution is 2.41. The van der Waals surface area contributed by atoms with Crippen molar-refractivity contribution in [1.29, 1.82) is 0 Å². The lowest BCUT2D eigenvalue weighted by molar-refractivity contribution is -0.0689. The molecule has 4 N–H and O–H groups in total. The number of nitrogens with two attached hydrogens (primary N) is 1. The Morgan fingerprint density at radius 3 is 2.95 bits per heavy atom. The molecule has 2 aromatic rings. The quantitative estimate of drug-likeness (QED) is 0.771. The Morgan fingerprint density at radius 2 is 2.35 bits per heavy atom. The number of nitrogens with zero attached hydrogens (tertiary/aromatic N) is 2. The van der Waals surface area contributed by atoms with Crippen LogP contribution < -0.4 is 11.1 Å². The second-order valence-corrected chi connectivity index (χ2v) is 6.69. The minimum absolute atomic E-state index is 0.0410. The van der Waals surface area contributed by atoms with Crippen LogP contribution in [0.2, 0.25) is 0 Å². The molecule has 2 aromatic heterocycles. The van der Waals surface area contributed by atoms with Crippen LogP contribution in [-0.4, -0.2) is 33.4 Å². The molecule has 1 aliphatic carbocycles. The third-order valence-electron chi connectivity index (χ3n) is 4.15. The lowest BCUT2D eigenvalue weighted by Crippen LogP contribution is -2.61. The minimum Gasteiger partial charge on any atom is -0.397 e. The van der Waals surface area contributed by atoms with Crippen molar-refractivity contribution in [3.05, 3.63) is 17.1 Å². The number of hydrogen-bond acceptors (Lipinski definition) is 6. The highest BCUT2D eigenvalue weighted by Gasteiger charge is 2.48. The van der Waals surface area contributed by atoms with Crippen molar-refractivity contribution in [1.82, 2.24) is 15.5 Å². The highest BCUT2D eigenvalue weighted by atomic mass is 32.1. The molecule has 20 heavy (non-hydrogen) atoms. The standard InChI is InChI=1S/C13H16N4O2S/c1-13(2)7(5-8(13)18)16-11(19)10-9(14)6-3-4-15-17-12(6)20-10/h3-4,7-8,18H,5,14H2,1-2H3,(H,16,19). The van der Waals surface area contributed by atoms with E-state index in [-0.39, 0.29) is 23.5 Å². The first-order valence-electron chi connectivity index (χ1n) is 6.40. The number of amides is 1. The molecule has 1 amide bonds. The molecular formula is C13H16N4O2S. The first-order chi connectivity index (χ1) is 9.41. The molecule has 1 fully saturated rings. The maximum Gasteiger partial charge on any atom is 0.263 e. The maximum atomic E-state index is 12.3. The second kappa shape index (κ2) is 4.39. The third-order valence-corrected chi connectivity index (χ3v) is 5.25. The van der Waals surface area contributed by atoms with Crippen molar-refractivity contribution in [2.45, 2.75) is 32.4 Å². The van der Waals surface area contributed by atoms with Crippen molar-refractivity contribution in [3.8, 4) is 0 Å². The number of carbonyl (C=O) groups is 1. The SMILES string of the molecule is CC1(C)C(O)CC1NC(=O)c1sc2nnccc2c1N. The van der Waals surface area contributed by atoms with Gasteiger partial charge in [-0.1, -0.05) is 13.8 Å². The van der Waals surface area contributed by atoms with Gasteiger partial charge in [0.1, 0.15) is 9.71 Å². The van der Waals surface area contributed by atoms with Gasteiger partial charge in [-0.05, 0) is 12.5 Å². The van der Waals surface area contributed by atoms with Crippen LogP contribution in [0.25, 0.3) is 10.2 Å². The number of thiophene rings is 1. The van der Waals surface area contributed by atoms with Gasteiger partial charge in [-0.2, -0.15) is 5.10 Å². The van der Waals surface area contributed by atoms with Gasteiger partial charge < -0.3 is 16.2 Å². The summed E-state index contributed by atoms with van der Waals surface area (Å²) in [6.07, 6.45) is 1.75. The number of nitrogen functional groups attached to an aromatic ring is 1. The second-order valence-electron chi connectivity index (χ2n) is 5.69. The van der Waals surface area contributed by atoms with Gasteiger partial charge in [0.15, 0.2) is 0 Å². The Bertz CT molecular complexity index is 682. The maximum absolute atomic E-state index is 12.3. The van der Waals surface area contributed by atoms with Gasteiger partial charge in [0.2, 0.25) is 0 Å². The van der Waals surface area contributed by atoms with Crippen LogP contribution in [0, 0.1) is 5.41 Å². The molecule has 2 heterocycles. The van der Waals surface area contributed by atoms with Crippen LogP contribution in [0.3, 0.4) is 0 Å². The van der Waals surface area contributed by atoms with Gasteiger partial charge in [0, 0.05) is 16.8 Å². The zero-order valence-electron chi connectivity index (χ0n) is 11.3. The van der Waals surface area contributed by atoms with Crippen LogP contribution in [0.1, 0.15) is 29.9 Å². The molecule has 0 spiro atoms. The summed E-state index contributed by atoms with van der Waals surface area (Å²) in [5.74, 6) is -0.213. The summed E-state index contributed by atoms with van der Waals surface area (Å²) in [5, 5.41) is 21.2. The Kier molecular flexibility index (Phi) is 2.91. The number of hydrogen-bond donors (Lipinski definition) is 3. The summed E-state index contributed by atoms with van der Waals surface area (Å²) >= 11 is 1.24. The van der Waals surface area contributed by atoms with Crippen molar-refractivity contribution in [2.75, 3.05) is 5.73 Å². The Morgan fingerprint density at radius 1 is 1.60 bits per heavy atom. The number of aromatic nitrogens is 2. The zero-order chi connectivity index (χ0) is 14.5. The van der Waals surface area contributed by atoms with Crippen LogP contribution in [0.4, 0.5) is 5.69 Å². The predicted molar refractivity (Wildman–Crippen MR) is 77.5 cm³/mol. The number of aliphatic hydroxyl groups is 1. The fourth-order valence-corrected chi connectivity index (χ4v) is 3.35. The number of aliphatic hydroxyl groups excluding tert-OH is 1. The van der Waals surface area contributed by atoms with Crippen molar-refractivity contribution in [2.24, 2.45) is 5.41 Å². The Labute approximate surface area is 120 Å². The van der Waals surface area contributed by atoms with Gasteiger partial charge in [-0.15, -0.1) is 16.4 Å². The van der Waals surface area contributed by atoms with E-state index < -0.39 is 0 Å². The smallest absolute Gasteiger partial charge is 0.263 e. The molecule has 2 unspecified atom stereocenters. The summed E-state index contributed by atoms with van der Waals surface area (Å²) in [7, 11) is 0. The summed E-state index contributed by atoms with van der Waals surface area (Å²) in [6, 6.07) is 1.71. The van der Waals surface area contributed by atoms with E-state index in [1.165, 1.54) is 11.3 Å². The van der Waals surface area contributed by atoms with Gasteiger partial charge in [-0.3, -0.25) is 4.79 Å². The van der Waals surface area contributed by atoms with Gasteiger partial charge >= 0.3 is 0 Å². The van der Waals surface area contributed by atoms with E-state index in [1.54, 1.807) is 12.3 Å². The van der Waals surface area contributed by atoms with Crippen LogP contribution in [0.15, 0.2) is 12.3 Å². The lowest BCUT2D eigenvalue weighted by Gasteiger charge is -2.49. The van der Waals surface area contributed by atoms with Crippen molar-refractivity contribution < 1.29 is 9.90 Å². The first-order valence-corrected chi connectivity index (χ1v) is 7.21. The largest absolute Gasteiger partial charge is 0.397 e. The number of rotatable bonds is 2. The van der Waals surface area contributed by atoms with E-state index in [4.69, 9.17) is 5.73 Å². The van der Waals surface area contributed by atoms with E-state index in [2.05, 4.69) is 15.5 Å². The fourth-order valence-electron chi connectivity index (χ4n) is 2.41. The zero-order valence-corrected chi connectivity index (χ0v) is 12.1. The van der Waals surface area contributed by atoms with Gasteiger partial charge in [-0.25, -0.2) is 0 Å². The predicted octanol–water partition coefficient (Wildman–Crippen LogP) is 1.16. The monoisotopic (exact) mass is 292 g/mol. The summed E-state index contributed by atoms with van der Waals surface area (Å²) in [5.41, 5.74) is 6.14. The van der Waals surface area contributed by atoms with Crippen molar-refractivity contribution >= 4 is 33.1 Å². The molecule has 3 rings (SSSR count). The van der Waals surface area contributed by atoms with E-state index in [9.17, 15) is 9.90 Å². The number of carbonyl (C=O) groups excluding carboxylic acids is 1. The first kappa shape index (κ1) is 13.3. The number of nitrogens with one attached hydrogen (secondary N) is 1. The van der Waals surface area contributed by atoms with Crippen LogP contribution in [0.5, 0.6) is 0 Å². The van der Waals surface area contributed by atoms with E-state index in [1.807, 2.05) is 13.8 Å². The summed E-state index contributed by atoms with van der Waals surface area (Å²) < 4.78 is 0. The molecule has 2 atom stereocenters. The van der Waals surface area contributed by atoms with Crippen molar-refractivity contribution in [3.63, 3.8) is 0 Å². The number of anilines is 1. The van der Waals surface area contributed by atoms with Gasteiger partial charge in [0.25, 0.3) is 5.91 Å². The molecular weight excluding hydrogens is 276 g/mol. The molecule has 0 aliphatic heterocycles. The van der Waals surface area contributed by atoms with Crippen LogP contribution in [-0.2, 0) is 0 Å². The van der Waals surface area contributed by atoms with E-state index >= 15 is 0 Å². The van der Waals surface area contributed by atoms with Crippen LogP contribution >= 0.6 is 11.3 Å². The number of fused-ring (bicyclic) bond motifs is 1. The Balaban J connectivity index is 1.85. The molecule has 7 heteroatoms. The Hall–Kier alpha value is -1.73. The minimum atomic E-state index is -0.376. The fraction of sp³-hybridized carbons (Fsp3) is 0.462. The normalized spacial score (nSPS) is 24.4. The van der Waals surface area contributed by atoms with Gasteiger partial charge in [0.05, 0.1) is 18.0 Å². The highest BCUT2D eigenvalue weighted by molar-refractivity contribution is 7.21. The molecule has 0 radical (unpaired) electrons.